The summed E-state index contributed by atoms with van der Waals surface area (Å²) in [6.45, 7) is 0.404. The SMILES string of the molecule is O=C(O)Cc1[nH]c(=S)n(Cc2ccccc2)c1O. The Balaban J connectivity index is 2.32. The van der Waals surface area contributed by atoms with Gasteiger partial charge in [-0.2, -0.15) is 0 Å². The van der Waals surface area contributed by atoms with E-state index in [1.165, 1.54) is 4.57 Å². The number of nitrogens with zero attached hydrogens (tertiary/aromatic N) is 1. The minimum absolute atomic E-state index is 0.119. The molecule has 0 atom stereocenters. The van der Waals surface area contributed by atoms with E-state index < -0.39 is 5.97 Å². The number of H-pyrrole nitrogens is 1. The monoisotopic (exact) mass is 264 g/mol. The lowest BCUT2D eigenvalue weighted by atomic mass is 10.2. The van der Waals surface area contributed by atoms with Crippen molar-refractivity contribution in [3.8, 4) is 5.88 Å². The van der Waals surface area contributed by atoms with Crippen LogP contribution in [0.5, 0.6) is 5.88 Å². The highest BCUT2D eigenvalue weighted by Crippen LogP contribution is 2.19. The third-order valence-electron chi connectivity index (χ3n) is 2.54. The number of nitrogens with one attached hydrogen (secondary N) is 1. The van der Waals surface area contributed by atoms with Gasteiger partial charge in [0.25, 0.3) is 0 Å². The molecule has 94 valence electrons. The van der Waals surface area contributed by atoms with Crippen LogP contribution in [0.15, 0.2) is 30.3 Å². The molecule has 18 heavy (non-hydrogen) atoms. The van der Waals surface area contributed by atoms with Crippen LogP contribution in [0.25, 0.3) is 0 Å². The number of aromatic nitrogens is 2. The van der Waals surface area contributed by atoms with Crippen molar-refractivity contribution in [1.29, 1.82) is 0 Å². The lowest BCUT2D eigenvalue weighted by Gasteiger charge is -2.04. The molecule has 0 aliphatic carbocycles. The molecule has 5 nitrogen and oxygen atoms in total. The Bertz CT molecular complexity index is 616. The Hall–Kier alpha value is -2.08. The Kier molecular flexibility index (Phi) is 3.47. The molecule has 0 aliphatic rings. The molecule has 6 heteroatoms. The molecule has 0 radical (unpaired) electrons. The summed E-state index contributed by atoms with van der Waals surface area (Å²) in [7, 11) is 0. The van der Waals surface area contributed by atoms with Crippen molar-refractivity contribution in [3.05, 3.63) is 46.4 Å². The van der Waals surface area contributed by atoms with Crippen molar-refractivity contribution < 1.29 is 15.0 Å². The Morgan fingerprint density at radius 3 is 2.61 bits per heavy atom. The Morgan fingerprint density at radius 1 is 1.33 bits per heavy atom. The number of aromatic amines is 1. The molecule has 1 aromatic heterocycles. The largest absolute Gasteiger partial charge is 0.493 e. The maximum atomic E-state index is 10.6. The fourth-order valence-electron chi connectivity index (χ4n) is 1.70. The van der Waals surface area contributed by atoms with Crippen molar-refractivity contribution in [2.45, 2.75) is 13.0 Å². The maximum Gasteiger partial charge on any atom is 0.309 e. The number of hydrogen-bond donors (Lipinski definition) is 3. The predicted molar refractivity (Wildman–Crippen MR) is 68.2 cm³/mol. The molecule has 0 aliphatic heterocycles. The van der Waals surface area contributed by atoms with Gasteiger partial charge in [0.05, 0.1) is 18.7 Å². The second kappa shape index (κ2) is 5.05. The van der Waals surface area contributed by atoms with Gasteiger partial charge < -0.3 is 15.2 Å². The van der Waals surface area contributed by atoms with Gasteiger partial charge in [-0.3, -0.25) is 9.36 Å². The summed E-state index contributed by atoms with van der Waals surface area (Å²) in [6, 6.07) is 9.49. The first-order valence-electron chi connectivity index (χ1n) is 5.34. The Morgan fingerprint density at radius 2 is 2.00 bits per heavy atom. The van der Waals surface area contributed by atoms with Gasteiger partial charge in [0.2, 0.25) is 5.88 Å². The van der Waals surface area contributed by atoms with Crippen LogP contribution in [0.4, 0.5) is 0 Å². The number of rotatable bonds is 4. The maximum absolute atomic E-state index is 10.6. The second-order valence-electron chi connectivity index (χ2n) is 3.87. The quantitative estimate of drug-likeness (QED) is 0.737. The van der Waals surface area contributed by atoms with E-state index in [4.69, 9.17) is 17.3 Å². The number of carboxylic acid groups (broad SMARTS) is 1. The molecule has 3 N–H and O–H groups in total. The minimum Gasteiger partial charge on any atom is -0.493 e. The molecule has 0 unspecified atom stereocenters. The first-order valence-corrected chi connectivity index (χ1v) is 5.75. The number of carbonyl (C=O) groups is 1. The van der Waals surface area contributed by atoms with E-state index in [9.17, 15) is 9.90 Å². The van der Waals surface area contributed by atoms with Crippen molar-refractivity contribution in [2.75, 3.05) is 0 Å². The van der Waals surface area contributed by atoms with Gasteiger partial charge in [-0.05, 0) is 17.8 Å². The lowest BCUT2D eigenvalue weighted by Crippen LogP contribution is -2.02. The molecule has 2 aromatic rings. The Labute approximate surface area is 108 Å². The van der Waals surface area contributed by atoms with E-state index in [1.54, 1.807) is 0 Å². The molecular formula is C12H12N2O3S. The second-order valence-corrected chi connectivity index (χ2v) is 4.26. The van der Waals surface area contributed by atoms with Gasteiger partial charge in [0.15, 0.2) is 4.77 Å². The normalized spacial score (nSPS) is 10.4. The predicted octanol–water partition coefficient (Wildman–Crippen LogP) is 1.93. The summed E-state index contributed by atoms with van der Waals surface area (Å²) in [6.07, 6.45) is -0.280. The van der Waals surface area contributed by atoms with Gasteiger partial charge in [-0.25, -0.2) is 0 Å². The summed E-state index contributed by atoms with van der Waals surface area (Å²) in [5.74, 6) is -1.14. The van der Waals surface area contributed by atoms with Crippen molar-refractivity contribution in [1.82, 2.24) is 9.55 Å². The fourth-order valence-corrected chi connectivity index (χ4v) is 1.97. The number of carboxylic acids is 1. The summed E-state index contributed by atoms with van der Waals surface area (Å²) < 4.78 is 1.79. The van der Waals surface area contributed by atoms with Crippen LogP contribution in [0.3, 0.4) is 0 Å². The van der Waals surface area contributed by atoms with Crippen molar-refractivity contribution in [3.63, 3.8) is 0 Å². The zero-order valence-corrected chi connectivity index (χ0v) is 10.3. The standard InChI is InChI=1S/C12H12N2O3S/c15-10(16)6-9-11(17)14(12(18)13-9)7-8-4-2-1-3-5-8/h1-5,17H,6-7H2,(H,13,18)(H,15,16). The lowest BCUT2D eigenvalue weighted by molar-refractivity contribution is -0.136. The molecule has 0 bridgehead atoms. The van der Waals surface area contributed by atoms with E-state index in [2.05, 4.69) is 4.98 Å². The molecule has 1 heterocycles. The van der Waals surface area contributed by atoms with Crippen LogP contribution in [0.2, 0.25) is 0 Å². The highest BCUT2D eigenvalue weighted by molar-refractivity contribution is 7.71. The number of hydrogen-bond acceptors (Lipinski definition) is 3. The van der Waals surface area contributed by atoms with Gasteiger partial charge in [-0.15, -0.1) is 0 Å². The summed E-state index contributed by atoms with van der Waals surface area (Å²) in [5.41, 5.74) is 1.20. The summed E-state index contributed by atoms with van der Waals surface area (Å²) >= 11 is 5.07. The smallest absolute Gasteiger partial charge is 0.309 e. The molecule has 0 saturated carbocycles. The topological polar surface area (TPSA) is 78.2 Å². The van der Waals surface area contributed by atoms with Gasteiger partial charge in [-0.1, -0.05) is 30.3 Å². The van der Waals surface area contributed by atoms with E-state index in [0.717, 1.165) is 5.56 Å². The summed E-state index contributed by atoms with van der Waals surface area (Å²) in [4.78, 5) is 13.3. The zero-order chi connectivity index (χ0) is 13.1. The number of benzene rings is 1. The minimum atomic E-state index is -1.02. The third-order valence-corrected chi connectivity index (χ3v) is 2.86. The fraction of sp³-hybridized carbons (Fsp3) is 0.167. The van der Waals surface area contributed by atoms with Crippen LogP contribution in [0.1, 0.15) is 11.3 Å². The van der Waals surface area contributed by atoms with Crippen LogP contribution in [0, 0.1) is 4.77 Å². The average Bonchev–Trinajstić information content (AvgIpc) is 2.58. The van der Waals surface area contributed by atoms with Crippen LogP contribution in [-0.2, 0) is 17.8 Å². The van der Waals surface area contributed by atoms with E-state index in [-0.39, 0.29) is 18.0 Å². The van der Waals surface area contributed by atoms with Crippen LogP contribution < -0.4 is 0 Å². The van der Waals surface area contributed by atoms with Crippen LogP contribution in [-0.4, -0.2) is 25.7 Å². The molecule has 0 saturated heterocycles. The van der Waals surface area contributed by atoms with Gasteiger partial charge >= 0.3 is 5.97 Å². The van der Waals surface area contributed by atoms with Gasteiger partial charge in [0, 0.05) is 0 Å². The molecule has 0 fully saturated rings. The van der Waals surface area contributed by atoms with Crippen molar-refractivity contribution in [2.24, 2.45) is 0 Å². The average molecular weight is 264 g/mol. The highest BCUT2D eigenvalue weighted by Gasteiger charge is 2.13. The molecule has 1 aromatic carbocycles. The highest BCUT2D eigenvalue weighted by atomic mass is 32.1. The molecule has 0 spiro atoms. The summed E-state index contributed by atoms with van der Waals surface area (Å²) in [5, 5.41) is 18.6. The van der Waals surface area contributed by atoms with E-state index in [0.29, 0.717) is 11.3 Å². The van der Waals surface area contributed by atoms with E-state index in [1.807, 2.05) is 30.3 Å². The first kappa shape index (κ1) is 12.4. The van der Waals surface area contributed by atoms with Gasteiger partial charge in [0.1, 0.15) is 0 Å². The third kappa shape index (κ3) is 2.60. The number of imidazole rings is 1. The van der Waals surface area contributed by atoms with Crippen LogP contribution >= 0.6 is 12.2 Å². The number of aliphatic carboxylic acids is 1. The molecule has 0 amide bonds. The molecular weight excluding hydrogens is 252 g/mol. The first-order chi connectivity index (χ1) is 8.58. The van der Waals surface area contributed by atoms with Crippen molar-refractivity contribution >= 4 is 18.2 Å². The zero-order valence-electron chi connectivity index (χ0n) is 9.46. The van der Waals surface area contributed by atoms with E-state index >= 15 is 0 Å². The molecule has 2 rings (SSSR count). The number of aromatic hydroxyl groups is 1.